The molecule has 21 heavy (non-hydrogen) atoms. The van der Waals surface area contributed by atoms with Crippen molar-refractivity contribution in [1.29, 1.82) is 0 Å². The molecule has 3 atom stereocenters. The second-order valence-corrected chi connectivity index (χ2v) is 4.29. The van der Waals surface area contributed by atoms with Crippen LogP contribution in [0, 0.1) is 0 Å². The molecule has 0 heterocycles. The van der Waals surface area contributed by atoms with E-state index in [1.165, 1.54) is 27.9 Å². The number of carboxylic acids is 1. The first-order valence-corrected chi connectivity index (χ1v) is 6.16. The van der Waals surface area contributed by atoms with Crippen molar-refractivity contribution in [3.8, 4) is 0 Å². The average Bonchev–Trinajstić information content (AvgIpc) is 2.36. The maximum absolute atomic E-state index is 11.6. The molecule has 0 aliphatic heterocycles. The van der Waals surface area contributed by atoms with Crippen molar-refractivity contribution < 1.29 is 29.0 Å². The van der Waals surface area contributed by atoms with Crippen LogP contribution in [0.3, 0.4) is 0 Å². The van der Waals surface area contributed by atoms with Crippen LogP contribution in [0.2, 0.25) is 0 Å². The molecule has 0 rings (SSSR count). The Kier molecular flexibility index (Phi) is 10.7. The Bertz CT molecular complexity index is 379. The highest BCUT2D eigenvalue weighted by molar-refractivity contribution is 5.91. The summed E-state index contributed by atoms with van der Waals surface area (Å²) >= 11 is 0. The van der Waals surface area contributed by atoms with Gasteiger partial charge in [0.15, 0.2) is 0 Å². The third-order valence-electron chi connectivity index (χ3n) is 2.08. The largest absolute Gasteiger partial charge is 0.481 e. The molecule has 0 aliphatic rings. The summed E-state index contributed by atoms with van der Waals surface area (Å²) < 4.78 is 4.45. The lowest BCUT2D eigenvalue weighted by molar-refractivity contribution is -0.144. The minimum absolute atomic E-state index is 0.432. The van der Waals surface area contributed by atoms with Crippen LogP contribution in [0.1, 0.15) is 27.7 Å². The number of hydrogen-bond donors (Lipinski definition) is 4. The Morgan fingerprint density at radius 3 is 1.71 bits per heavy atom. The second-order valence-electron chi connectivity index (χ2n) is 4.29. The molecule has 0 aliphatic carbocycles. The van der Waals surface area contributed by atoms with E-state index in [1.807, 2.05) is 0 Å². The SMILES string of the molecule is CC(=O)O.COC(=O)C(C)NC(=O)C(C)NC(=O)C(C)N. The minimum atomic E-state index is -0.833. The van der Waals surface area contributed by atoms with Crippen molar-refractivity contribution in [3.63, 3.8) is 0 Å². The van der Waals surface area contributed by atoms with Crippen molar-refractivity contribution in [1.82, 2.24) is 10.6 Å². The predicted octanol–water partition coefficient (Wildman–Crippen LogP) is -1.39. The normalized spacial score (nSPS) is 13.6. The Hall–Kier alpha value is -2.16. The summed E-state index contributed by atoms with van der Waals surface area (Å²) in [6.45, 7) is 5.58. The number of hydrogen-bond acceptors (Lipinski definition) is 6. The molecule has 0 saturated heterocycles. The molecule has 0 saturated carbocycles. The van der Waals surface area contributed by atoms with E-state index in [9.17, 15) is 14.4 Å². The number of rotatable bonds is 5. The minimum Gasteiger partial charge on any atom is -0.481 e. The molecule has 0 aromatic carbocycles. The van der Waals surface area contributed by atoms with Crippen molar-refractivity contribution >= 4 is 23.8 Å². The van der Waals surface area contributed by atoms with Gasteiger partial charge in [0.1, 0.15) is 12.1 Å². The highest BCUT2D eigenvalue weighted by Crippen LogP contribution is 1.90. The van der Waals surface area contributed by atoms with Gasteiger partial charge in [-0.2, -0.15) is 0 Å². The lowest BCUT2D eigenvalue weighted by Crippen LogP contribution is -2.52. The van der Waals surface area contributed by atoms with E-state index in [4.69, 9.17) is 15.6 Å². The van der Waals surface area contributed by atoms with Crippen LogP contribution < -0.4 is 16.4 Å². The highest BCUT2D eigenvalue weighted by atomic mass is 16.5. The summed E-state index contributed by atoms with van der Waals surface area (Å²) in [5.41, 5.74) is 5.34. The molecule has 122 valence electrons. The van der Waals surface area contributed by atoms with Gasteiger partial charge in [0.05, 0.1) is 13.2 Å². The van der Waals surface area contributed by atoms with E-state index >= 15 is 0 Å². The van der Waals surface area contributed by atoms with E-state index in [0.29, 0.717) is 0 Å². The monoisotopic (exact) mass is 305 g/mol. The molecule has 0 aromatic heterocycles. The van der Waals surface area contributed by atoms with Crippen LogP contribution in [-0.2, 0) is 23.9 Å². The van der Waals surface area contributed by atoms with Crippen LogP contribution in [0.15, 0.2) is 0 Å². The molecule has 0 radical (unpaired) electrons. The first kappa shape index (κ1) is 21.1. The summed E-state index contributed by atoms with van der Waals surface area (Å²) in [5.74, 6) is -2.29. The van der Waals surface area contributed by atoms with Crippen LogP contribution in [-0.4, -0.2) is 54.1 Å². The van der Waals surface area contributed by atoms with Gasteiger partial charge < -0.3 is 26.2 Å². The number of esters is 1. The van der Waals surface area contributed by atoms with Gasteiger partial charge in [-0.05, 0) is 20.8 Å². The molecule has 9 heteroatoms. The summed E-state index contributed by atoms with van der Waals surface area (Å²) in [7, 11) is 1.23. The molecular weight excluding hydrogens is 282 g/mol. The number of nitrogens with one attached hydrogen (secondary N) is 2. The third-order valence-corrected chi connectivity index (χ3v) is 2.08. The van der Waals surface area contributed by atoms with Gasteiger partial charge in [0, 0.05) is 6.92 Å². The van der Waals surface area contributed by atoms with E-state index in [2.05, 4.69) is 15.4 Å². The number of methoxy groups -OCH3 is 1. The molecule has 2 amide bonds. The number of carbonyl (C=O) groups excluding carboxylic acids is 3. The maximum Gasteiger partial charge on any atom is 0.328 e. The first-order chi connectivity index (χ1) is 9.52. The molecule has 3 unspecified atom stereocenters. The number of nitrogens with two attached hydrogens (primary N) is 1. The summed E-state index contributed by atoms with van der Waals surface area (Å²) in [4.78, 5) is 42.8. The fourth-order valence-corrected chi connectivity index (χ4v) is 0.984. The van der Waals surface area contributed by atoms with Crippen LogP contribution in [0.4, 0.5) is 0 Å². The summed E-state index contributed by atoms with van der Waals surface area (Å²) in [5, 5.41) is 12.2. The van der Waals surface area contributed by atoms with Gasteiger partial charge in [-0.1, -0.05) is 0 Å². The van der Waals surface area contributed by atoms with Crippen molar-refractivity contribution in [3.05, 3.63) is 0 Å². The Morgan fingerprint density at radius 1 is 1.00 bits per heavy atom. The van der Waals surface area contributed by atoms with Gasteiger partial charge in [-0.3, -0.25) is 14.4 Å². The third kappa shape index (κ3) is 11.4. The molecule has 0 aromatic rings. The molecule has 9 nitrogen and oxygen atoms in total. The number of carbonyl (C=O) groups is 4. The Morgan fingerprint density at radius 2 is 1.38 bits per heavy atom. The van der Waals surface area contributed by atoms with E-state index < -0.39 is 41.9 Å². The van der Waals surface area contributed by atoms with Crippen LogP contribution in [0.25, 0.3) is 0 Å². The van der Waals surface area contributed by atoms with Gasteiger partial charge in [0.2, 0.25) is 11.8 Å². The molecular formula is C12H23N3O6. The average molecular weight is 305 g/mol. The number of ether oxygens (including phenoxy) is 1. The van der Waals surface area contributed by atoms with Gasteiger partial charge in [0.25, 0.3) is 5.97 Å². The fourth-order valence-electron chi connectivity index (χ4n) is 0.984. The predicted molar refractivity (Wildman–Crippen MR) is 74.2 cm³/mol. The summed E-state index contributed by atoms with van der Waals surface area (Å²) in [6.07, 6.45) is 0. The Labute approximate surface area is 123 Å². The molecule has 5 N–H and O–H groups in total. The molecule has 0 bridgehead atoms. The summed E-state index contributed by atoms with van der Waals surface area (Å²) in [6, 6.07) is -2.22. The zero-order valence-corrected chi connectivity index (χ0v) is 12.8. The zero-order valence-electron chi connectivity index (χ0n) is 12.8. The zero-order chi connectivity index (χ0) is 17.2. The van der Waals surface area contributed by atoms with E-state index in [1.54, 1.807) is 0 Å². The molecule has 0 fully saturated rings. The van der Waals surface area contributed by atoms with Crippen molar-refractivity contribution in [2.24, 2.45) is 5.73 Å². The van der Waals surface area contributed by atoms with Gasteiger partial charge >= 0.3 is 5.97 Å². The van der Waals surface area contributed by atoms with Crippen LogP contribution in [0.5, 0.6) is 0 Å². The first-order valence-electron chi connectivity index (χ1n) is 6.16. The topological polar surface area (TPSA) is 148 Å². The molecule has 0 spiro atoms. The number of aliphatic carboxylic acids is 1. The lowest BCUT2D eigenvalue weighted by Gasteiger charge is -2.17. The van der Waals surface area contributed by atoms with Gasteiger partial charge in [-0.25, -0.2) is 4.79 Å². The second kappa shape index (κ2) is 10.6. The Balaban J connectivity index is 0. The fraction of sp³-hybridized carbons (Fsp3) is 0.667. The maximum atomic E-state index is 11.6. The number of carboxylic acid groups (broad SMARTS) is 1. The van der Waals surface area contributed by atoms with E-state index in [-0.39, 0.29) is 0 Å². The highest BCUT2D eigenvalue weighted by Gasteiger charge is 2.21. The number of amides is 2. The van der Waals surface area contributed by atoms with Crippen LogP contribution >= 0.6 is 0 Å². The van der Waals surface area contributed by atoms with Gasteiger partial charge in [-0.15, -0.1) is 0 Å². The quantitative estimate of drug-likeness (QED) is 0.457. The smallest absolute Gasteiger partial charge is 0.328 e. The van der Waals surface area contributed by atoms with Crippen molar-refractivity contribution in [2.45, 2.75) is 45.8 Å². The standard InChI is InChI=1S/C10H19N3O4.C2H4O2/c1-5(11)8(14)12-6(2)9(15)13-7(3)10(16)17-4;1-2(3)4/h5-7H,11H2,1-4H3,(H,12,14)(H,13,15);1H3,(H,3,4). The van der Waals surface area contributed by atoms with E-state index in [0.717, 1.165) is 6.92 Å². The van der Waals surface area contributed by atoms with Crippen molar-refractivity contribution in [2.75, 3.05) is 7.11 Å². The lowest BCUT2D eigenvalue weighted by atomic mass is 10.2.